The molecule has 27 heavy (non-hydrogen) atoms. The minimum atomic E-state index is 0. The van der Waals surface area contributed by atoms with Crippen molar-refractivity contribution in [3.8, 4) is 0 Å². The smallest absolute Gasteiger partial charge is 0.226 e. The molecule has 0 unspecified atom stereocenters. The van der Waals surface area contributed by atoms with E-state index in [9.17, 15) is 4.79 Å². The maximum Gasteiger partial charge on any atom is 0.226 e. The zero-order chi connectivity index (χ0) is 18.4. The van der Waals surface area contributed by atoms with Gasteiger partial charge in [0, 0.05) is 29.7 Å². The molecule has 1 aliphatic carbocycles. The van der Waals surface area contributed by atoms with Crippen molar-refractivity contribution >= 4 is 41.3 Å². The van der Waals surface area contributed by atoms with Crippen molar-refractivity contribution in [3.63, 3.8) is 0 Å². The summed E-state index contributed by atoms with van der Waals surface area (Å²) in [6, 6.07) is 7.97. The number of thiazole rings is 1. The predicted molar refractivity (Wildman–Crippen MR) is 115 cm³/mol. The largest absolute Gasteiger partial charge is 0.352 e. The first kappa shape index (κ1) is 22.0. The number of carbonyl (C=O) groups excluding carboxylic acids is 1. The number of amides is 1. The van der Waals surface area contributed by atoms with E-state index in [1.165, 1.54) is 38.5 Å². The zero-order valence-electron chi connectivity index (χ0n) is 15.6. The summed E-state index contributed by atoms with van der Waals surface area (Å²) in [4.78, 5) is 18.2. The third-order valence-corrected chi connectivity index (χ3v) is 6.11. The van der Waals surface area contributed by atoms with Crippen LogP contribution in [0.25, 0.3) is 0 Å². The minimum Gasteiger partial charge on any atom is -0.352 e. The summed E-state index contributed by atoms with van der Waals surface area (Å²) >= 11 is 7.52. The third-order valence-electron chi connectivity index (χ3n) is 4.88. The molecule has 0 atom stereocenters. The van der Waals surface area contributed by atoms with Gasteiger partial charge >= 0.3 is 0 Å². The topological polar surface area (TPSA) is 46.4 Å². The molecular formula is C20H27Cl2N3OS. The van der Waals surface area contributed by atoms with Gasteiger partial charge in [-0.1, -0.05) is 49.4 Å². The molecule has 1 aromatic carbocycles. The lowest BCUT2D eigenvalue weighted by atomic mass is 10.1. The molecule has 2 aromatic rings. The fraction of sp³-hybridized carbons (Fsp3) is 0.500. The first-order chi connectivity index (χ1) is 12.6. The summed E-state index contributed by atoms with van der Waals surface area (Å²) < 4.78 is 2.07. The van der Waals surface area contributed by atoms with Crippen molar-refractivity contribution in [2.24, 2.45) is 12.0 Å². The summed E-state index contributed by atoms with van der Waals surface area (Å²) in [7, 11) is 2.01. The van der Waals surface area contributed by atoms with Crippen LogP contribution >= 0.6 is 35.3 Å². The molecule has 1 fully saturated rings. The summed E-state index contributed by atoms with van der Waals surface area (Å²) in [5.74, 6) is 0.0226. The first-order valence-electron chi connectivity index (χ1n) is 9.30. The standard InChI is InChI=1S/C20H26ClN3OS.ClH/c1-24-18(12-19(25)22-13-15-8-10-16(21)11-9-15)14-26-20(24)23-17-6-4-2-3-5-7-17;/h8-11,14,17H,2-7,12-13H2,1H3,(H,22,25);1H. The fourth-order valence-electron chi connectivity index (χ4n) is 3.25. The van der Waals surface area contributed by atoms with E-state index in [0.717, 1.165) is 16.1 Å². The lowest BCUT2D eigenvalue weighted by Gasteiger charge is -2.08. The van der Waals surface area contributed by atoms with Crippen LogP contribution in [0, 0.1) is 0 Å². The number of halogens is 2. The van der Waals surface area contributed by atoms with Gasteiger partial charge in [-0.15, -0.1) is 23.7 Å². The summed E-state index contributed by atoms with van der Waals surface area (Å²) in [5.41, 5.74) is 2.05. The van der Waals surface area contributed by atoms with Crippen LogP contribution in [0.15, 0.2) is 34.6 Å². The van der Waals surface area contributed by atoms with Gasteiger partial charge in [0.15, 0.2) is 4.80 Å². The van der Waals surface area contributed by atoms with E-state index < -0.39 is 0 Å². The average Bonchev–Trinajstić information content (AvgIpc) is 2.84. The number of aromatic nitrogens is 1. The van der Waals surface area contributed by atoms with Crippen LogP contribution in [0.3, 0.4) is 0 Å². The molecule has 1 heterocycles. The lowest BCUT2D eigenvalue weighted by molar-refractivity contribution is -0.120. The number of rotatable bonds is 5. The Morgan fingerprint density at radius 1 is 1.22 bits per heavy atom. The van der Waals surface area contributed by atoms with E-state index in [0.29, 0.717) is 24.0 Å². The molecule has 3 rings (SSSR count). The van der Waals surface area contributed by atoms with Gasteiger partial charge in [0.05, 0.1) is 12.5 Å². The van der Waals surface area contributed by atoms with Crippen LogP contribution in [-0.2, 0) is 24.8 Å². The molecule has 0 saturated heterocycles. The van der Waals surface area contributed by atoms with Gasteiger partial charge in [0.2, 0.25) is 5.91 Å². The number of hydrogen-bond donors (Lipinski definition) is 1. The molecule has 1 N–H and O–H groups in total. The van der Waals surface area contributed by atoms with Gasteiger partial charge in [-0.05, 0) is 30.5 Å². The normalized spacial score (nSPS) is 15.9. The Labute approximate surface area is 176 Å². The Morgan fingerprint density at radius 3 is 2.56 bits per heavy atom. The average molecular weight is 428 g/mol. The highest BCUT2D eigenvalue weighted by Gasteiger charge is 2.12. The molecule has 1 amide bonds. The van der Waals surface area contributed by atoms with E-state index in [2.05, 4.69) is 15.3 Å². The van der Waals surface area contributed by atoms with Gasteiger partial charge in [-0.25, -0.2) is 0 Å². The Hall–Kier alpha value is -1.30. The van der Waals surface area contributed by atoms with Crippen molar-refractivity contribution < 1.29 is 4.79 Å². The van der Waals surface area contributed by atoms with E-state index in [4.69, 9.17) is 16.6 Å². The molecule has 1 aliphatic rings. The van der Waals surface area contributed by atoms with E-state index in [-0.39, 0.29) is 18.3 Å². The Balaban J connectivity index is 0.00000261. The Bertz CT molecular complexity index is 790. The van der Waals surface area contributed by atoms with Crippen LogP contribution in [0.4, 0.5) is 0 Å². The van der Waals surface area contributed by atoms with Crippen molar-refractivity contribution in [3.05, 3.63) is 50.7 Å². The number of benzene rings is 1. The zero-order valence-corrected chi connectivity index (χ0v) is 18.0. The first-order valence-corrected chi connectivity index (χ1v) is 10.6. The number of nitrogens with zero attached hydrogens (tertiary/aromatic N) is 2. The van der Waals surface area contributed by atoms with Crippen LogP contribution in [-0.4, -0.2) is 16.5 Å². The molecule has 148 valence electrons. The predicted octanol–water partition coefficient (Wildman–Crippen LogP) is 4.64. The van der Waals surface area contributed by atoms with Gasteiger partial charge in [-0.3, -0.25) is 9.79 Å². The van der Waals surface area contributed by atoms with Gasteiger partial charge in [0.1, 0.15) is 0 Å². The second-order valence-corrected chi connectivity index (χ2v) is 8.20. The molecule has 0 spiro atoms. The number of nitrogens with one attached hydrogen (secondary N) is 1. The minimum absolute atomic E-state index is 0. The molecular weight excluding hydrogens is 401 g/mol. The highest BCUT2D eigenvalue weighted by Crippen LogP contribution is 2.19. The van der Waals surface area contributed by atoms with Gasteiger partial charge in [0.25, 0.3) is 0 Å². The van der Waals surface area contributed by atoms with Gasteiger partial charge in [-0.2, -0.15) is 0 Å². The second kappa shape index (κ2) is 10.9. The van der Waals surface area contributed by atoms with E-state index in [1.54, 1.807) is 11.3 Å². The van der Waals surface area contributed by atoms with Crippen LogP contribution < -0.4 is 10.1 Å². The third kappa shape index (κ3) is 6.66. The molecule has 0 radical (unpaired) electrons. The molecule has 4 nitrogen and oxygen atoms in total. The van der Waals surface area contributed by atoms with Crippen molar-refractivity contribution in [2.45, 2.75) is 57.5 Å². The van der Waals surface area contributed by atoms with Crippen molar-refractivity contribution in [2.75, 3.05) is 0 Å². The summed E-state index contributed by atoms with van der Waals surface area (Å²) in [6.45, 7) is 0.517. The highest BCUT2D eigenvalue weighted by atomic mass is 35.5. The van der Waals surface area contributed by atoms with E-state index >= 15 is 0 Å². The number of carbonyl (C=O) groups is 1. The Kier molecular flexibility index (Phi) is 8.87. The monoisotopic (exact) mass is 427 g/mol. The molecule has 1 aromatic heterocycles. The van der Waals surface area contributed by atoms with E-state index in [1.807, 2.05) is 31.3 Å². The second-order valence-electron chi connectivity index (χ2n) is 6.92. The van der Waals surface area contributed by atoms with Crippen molar-refractivity contribution in [1.82, 2.24) is 9.88 Å². The lowest BCUT2D eigenvalue weighted by Crippen LogP contribution is -2.26. The molecule has 7 heteroatoms. The van der Waals surface area contributed by atoms with Crippen LogP contribution in [0.2, 0.25) is 5.02 Å². The molecule has 1 saturated carbocycles. The highest BCUT2D eigenvalue weighted by molar-refractivity contribution is 7.07. The number of hydrogen-bond acceptors (Lipinski definition) is 3. The van der Waals surface area contributed by atoms with Crippen LogP contribution in [0.1, 0.15) is 49.8 Å². The fourth-order valence-corrected chi connectivity index (χ4v) is 4.35. The van der Waals surface area contributed by atoms with Crippen molar-refractivity contribution in [1.29, 1.82) is 0 Å². The maximum atomic E-state index is 12.3. The maximum absolute atomic E-state index is 12.3. The SMILES string of the molecule is Cl.Cn1c(CC(=O)NCc2ccc(Cl)cc2)csc1=NC1CCCCCC1. The summed E-state index contributed by atoms with van der Waals surface area (Å²) in [6.07, 6.45) is 7.99. The Morgan fingerprint density at radius 2 is 1.89 bits per heavy atom. The van der Waals surface area contributed by atoms with Gasteiger partial charge < -0.3 is 9.88 Å². The molecule has 0 aliphatic heterocycles. The summed E-state index contributed by atoms with van der Waals surface area (Å²) in [5, 5.41) is 5.73. The van der Waals surface area contributed by atoms with Crippen LogP contribution in [0.5, 0.6) is 0 Å². The quantitative estimate of drug-likeness (QED) is 0.693. The molecule has 0 bridgehead atoms.